The second-order valence-electron chi connectivity index (χ2n) is 10.4. The molecule has 2 amide bonds. The average molecular weight is 587 g/mol. The molecular weight excluding hydrogens is 552 g/mol. The van der Waals surface area contributed by atoms with Crippen LogP contribution in [0.5, 0.6) is 0 Å². The molecule has 0 aliphatic carbocycles. The van der Waals surface area contributed by atoms with Gasteiger partial charge in [-0.2, -0.15) is 0 Å². The predicted molar refractivity (Wildman–Crippen MR) is 158 cm³/mol. The van der Waals surface area contributed by atoms with Crippen LogP contribution in [0.25, 0.3) is 21.0 Å². The molecule has 3 rings (SSSR count). The fraction of sp³-hybridized carbons (Fsp3) is 0.321. The first-order chi connectivity index (χ1) is 18.6. The minimum absolute atomic E-state index is 0.0152. The fourth-order valence-electron chi connectivity index (χ4n) is 3.42. The third-order valence-electron chi connectivity index (χ3n) is 4.90. The molecule has 2 aromatic carbocycles. The lowest BCUT2D eigenvalue weighted by Gasteiger charge is -2.22. The number of aromatic nitrogens is 1. The molecule has 3 aromatic rings. The number of rotatable bonds is 9. The van der Waals surface area contributed by atoms with Gasteiger partial charge in [-0.25, -0.2) is 27.7 Å². The van der Waals surface area contributed by atoms with E-state index < -0.39 is 27.7 Å². The number of hydrogen-bond donors (Lipinski definition) is 3. The van der Waals surface area contributed by atoms with Crippen molar-refractivity contribution < 1.29 is 27.5 Å². The summed E-state index contributed by atoms with van der Waals surface area (Å²) in [4.78, 5) is 29.1. The monoisotopic (exact) mass is 586 g/mol. The summed E-state index contributed by atoms with van der Waals surface area (Å²) < 4.78 is 39.7. The van der Waals surface area contributed by atoms with E-state index in [0.29, 0.717) is 26.7 Å². The molecule has 0 saturated heterocycles. The second kappa shape index (κ2) is 12.6. The van der Waals surface area contributed by atoms with E-state index in [2.05, 4.69) is 26.9 Å². The van der Waals surface area contributed by atoms with E-state index in [1.807, 2.05) is 0 Å². The van der Waals surface area contributed by atoms with E-state index in [0.717, 1.165) is 5.56 Å². The van der Waals surface area contributed by atoms with Crippen LogP contribution in [0.4, 0.5) is 21.0 Å². The molecule has 1 heterocycles. The number of thiazole rings is 1. The second-order valence-corrected chi connectivity index (χ2v) is 13.1. The van der Waals surface area contributed by atoms with Crippen molar-refractivity contribution >= 4 is 44.9 Å². The smallest absolute Gasteiger partial charge is 0.411 e. The molecule has 1 aromatic heterocycles. The number of nitrogens with one attached hydrogen (secondary N) is 3. The molecule has 0 aliphatic heterocycles. The maximum Gasteiger partial charge on any atom is 0.411 e. The van der Waals surface area contributed by atoms with E-state index in [1.54, 1.807) is 84.1 Å². The molecular formula is C28H34N4O6S2. The lowest BCUT2D eigenvalue weighted by atomic mass is 10.1. The van der Waals surface area contributed by atoms with Crippen LogP contribution in [-0.2, 0) is 19.5 Å². The van der Waals surface area contributed by atoms with Gasteiger partial charge in [-0.1, -0.05) is 12.6 Å². The average Bonchev–Trinajstić information content (AvgIpc) is 3.31. The summed E-state index contributed by atoms with van der Waals surface area (Å²) in [6.45, 7) is 14.2. The van der Waals surface area contributed by atoms with Gasteiger partial charge in [0, 0.05) is 34.2 Å². The molecule has 0 fully saturated rings. The Hall–Kier alpha value is -3.74. The van der Waals surface area contributed by atoms with Gasteiger partial charge in [0.1, 0.15) is 11.6 Å². The highest BCUT2D eigenvalue weighted by atomic mass is 32.2. The van der Waals surface area contributed by atoms with Gasteiger partial charge in [-0.15, -0.1) is 11.3 Å². The SMILES string of the molecule is C=C(C)COC(=O)Nc1ccc(-c2cnc(-c3ccc(NC(=O)OC(C)C)cc3)s2)c(S(=O)(=O)NC(C)(C)C)c1. The Labute approximate surface area is 238 Å². The normalized spacial score (nSPS) is 11.7. The van der Waals surface area contributed by atoms with Crippen molar-refractivity contribution in [2.24, 2.45) is 0 Å². The summed E-state index contributed by atoms with van der Waals surface area (Å²) in [6, 6.07) is 11.7. The van der Waals surface area contributed by atoms with Gasteiger partial charge in [0.15, 0.2) is 0 Å². The zero-order chi connectivity index (χ0) is 29.7. The van der Waals surface area contributed by atoms with Crippen LogP contribution in [0.15, 0.2) is 65.7 Å². The molecule has 40 heavy (non-hydrogen) atoms. The quantitative estimate of drug-likeness (QED) is 0.239. The zero-order valence-electron chi connectivity index (χ0n) is 23.3. The minimum atomic E-state index is -3.99. The van der Waals surface area contributed by atoms with Crippen LogP contribution in [0.1, 0.15) is 41.5 Å². The van der Waals surface area contributed by atoms with Gasteiger partial charge in [0.2, 0.25) is 10.0 Å². The number of anilines is 2. The highest BCUT2D eigenvalue weighted by Crippen LogP contribution is 2.37. The highest BCUT2D eigenvalue weighted by molar-refractivity contribution is 7.89. The van der Waals surface area contributed by atoms with Crippen LogP contribution in [-0.4, -0.2) is 43.8 Å². The highest BCUT2D eigenvalue weighted by Gasteiger charge is 2.26. The molecule has 0 spiro atoms. The van der Waals surface area contributed by atoms with Crippen molar-refractivity contribution in [1.29, 1.82) is 0 Å². The lowest BCUT2D eigenvalue weighted by Crippen LogP contribution is -2.40. The number of nitrogens with zero attached hydrogens (tertiary/aromatic N) is 1. The molecule has 12 heteroatoms. The summed E-state index contributed by atoms with van der Waals surface area (Å²) in [5.41, 5.74) is 1.97. The van der Waals surface area contributed by atoms with Crippen LogP contribution >= 0.6 is 11.3 Å². The predicted octanol–water partition coefficient (Wildman–Crippen LogP) is 6.64. The first kappa shape index (κ1) is 30.8. The first-order valence-corrected chi connectivity index (χ1v) is 14.7. The largest absolute Gasteiger partial charge is 0.447 e. The van der Waals surface area contributed by atoms with Gasteiger partial charge in [0.05, 0.1) is 15.9 Å². The van der Waals surface area contributed by atoms with Crippen LogP contribution < -0.4 is 15.4 Å². The number of ether oxygens (including phenoxy) is 2. The minimum Gasteiger partial charge on any atom is -0.447 e. The molecule has 10 nitrogen and oxygen atoms in total. The topological polar surface area (TPSA) is 136 Å². The lowest BCUT2D eigenvalue weighted by molar-refractivity contribution is 0.130. The summed E-state index contributed by atoms with van der Waals surface area (Å²) >= 11 is 1.31. The van der Waals surface area contributed by atoms with Gasteiger partial charge in [-0.3, -0.25) is 10.6 Å². The third kappa shape index (κ3) is 8.90. The van der Waals surface area contributed by atoms with Crippen molar-refractivity contribution in [2.75, 3.05) is 17.2 Å². The molecule has 0 aliphatic rings. The van der Waals surface area contributed by atoms with Gasteiger partial charge in [0.25, 0.3) is 0 Å². The standard InChI is InChI=1S/C28H34N4O6S2/c1-17(2)16-37-26(33)31-21-12-13-22(24(14-21)40(35,36)32-28(5,6)7)23-15-29-25(39-23)19-8-10-20(11-9-19)30-27(34)38-18(3)4/h8-15,18,32H,1,16H2,2-7H3,(H,30,34)(H,31,33). The van der Waals surface area contributed by atoms with Crippen molar-refractivity contribution in [3.05, 3.63) is 60.8 Å². The van der Waals surface area contributed by atoms with Crippen LogP contribution in [0, 0.1) is 0 Å². The number of carbonyl (C=O) groups is 2. The Balaban J connectivity index is 1.92. The molecule has 0 radical (unpaired) electrons. The number of carbonyl (C=O) groups excluding carboxylic acids is 2. The number of sulfonamides is 1. The summed E-state index contributed by atoms with van der Waals surface area (Å²) in [6.07, 6.45) is 0.101. The molecule has 0 unspecified atom stereocenters. The zero-order valence-corrected chi connectivity index (χ0v) is 25.0. The Morgan fingerprint density at radius 2 is 1.65 bits per heavy atom. The van der Waals surface area contributed by atoms with E-state index in [-0.39, 0.29) is 23.3 Å². The van der Waals surface area contributed by atoms with E-state index in [9.17, 15) is 18.0 Å². The Morgan fingerprint density at radius 1 is 1.02 bits per heavy atom. The number of amides is 2. The molecule has 214 valence electrons. The van der Waals surface area contributed by atoms with Crippen molar-refractivity contribution in [1.82, 2.24) is 9.71 Å². The Bertz CT molecular complexity index is 1490. The van der Waals surface area contributed by atoms with Crippen LogP contribution in [0.2, 0.25) is 0 Å². The number of benzene rings is 2. The third-order valence-corrected chi connectivity index (χ3v) is 7.78. The summed E-state index contributed by atoms with van der Waals surface area (Å²) in [5.74, 6) is 0. The molecule has 0 saturated carbocycles. The van der Waals surface area contributed by atoms with Gasteiger partial charge >= 0.3 is 12.2 Å². The maximum atomic E-state index is 13.4. The van der Waals surface area contributed by atoms with Crippen LogP contribution in [0.3, 0.4) is 0 Å². The molecule has 0 atom stereocenters. The molecule has 0 bridgehead atoms. The summed E-state index contributed by atoms with van der Waals surface area (Å²) in [7, 11) is -3.99. The van der Waals surface area contributed by atoms with Crippen molar-refractivity contribution in [2.45, 2.75) is 58.1 Å². The van der Waals surface area contributed by atoms with E-state index >= 15 is 0 Å². The van der Waals surface area contributed by atoms with Gasteiger partial charge in [-0.05, 0) is 83.5 Å². The summed E-state index contributed by atoms with van der Waals surface area (Å²) in [5, 5.41) is 5.88. The Morgan fingerprint density at radius 3 is 2.25 bits per heavy atom. The number of hydrogen-bond acceptors (Lipinski definition) is 8. The van der Waals surface area contributed by atoms with E-state index in [1.165, 1.54) is 17.4 Å². The Kier molecular flexibility index (Phi) is 9.72. The van der Waals surface area contributed by atoms with Crippen molar-refractivity contribution in [3.63, 3.8) is 0 Å². The fourth-order valence-corrected chi connectivity index (χ4v) is 6.11. The van der Waals surface area contributed by atoms with Gasteiger partial charge < -0.3 is 9.47 Å². The van der Waals surface area contributed by atoms with Crippen molar-refractivity contribution in [3.8, 4) is 21.0 Å². The maximum absolute atomic E-state index is 13.4. The first-order valence-electron chi connectivity index (χ1n) is 12.4. The van der Waals surface area contributed by atoms with E-state index in [4.69, 9.17) is 9.47 Å². The molecule has 3 N–H and O–H groups in total.